The average molecular weight is 386 g/mol. The fourth-order valence-electron chi connectivity index (χ4n) is 5.54. The topological polar surface area (TPSA) is 67.8 Å². The number of rotatable bonds is 2. The van der Waals surface area contributed by atoms with Gasteiger partial charge < -0.3 is 5.32 Å². The zero-order chi connectivity index (χ0) is 20.6. The number of nitrogens with one attached hydrogen (secondary N) is 1. The number of carbonyl (C=O) groups excluding carboxylic acids is 1. The van der Waals surface area contributed by atoms with Crippen LogP contribution in [0.1, 0.15) is 56.1 Å². The van der Waals surface area contributed by atoms with Gasteiger partial charge in [-0.3, -0.25) is 9.78 Å². The molecule has 29 heavy (non-hydrogen) atoms. The summed E-state index contributed by atoms with van der Waals surface area (Å²) < 4.78 is 0. The lowest BCUT2D eigenvalue weighted by Crippen LogP contribution is -2.48. The van der Waals surface area contributed by atoms with E-state index in [2.05, 4.69) is 57.1 Å². The van der Waals surface area contributed by atoms with Crippen LogP contribution < -0.4 is 5.32 Å². The Morgan fingerprint density at radius 2 is 1.66 bits per heavy atom. The van der Waals surface area contributed by atoms with Crippen LogP contribution in [0.5, 0.6) is 0 Å². The normalized spacial score (nSPS) is 26.5. The SMILES string of the molecule is Cc1cc2nc3c(nc2cc1C)C1(C(=O)Nc2cccnc2)CCC3(C)C1(C)C. The molecule has 2 bridgehead atoms. The van der Waals surface area contributed by atoms with E-state index in [9.17, 15) is 4.79 Å². The minimum Gasteiger partial charge on any atom is -0.324 e. The summed E-state index contributed by atoms with van der Waals surface area (Å²) in [5.74, 6) is -0.00420. The van der Waals surface area contributed by atoms with Gasteiger partial charge in [0.05, 0.1) is 39.7 Å². The second-order valence-electron chi connectivity index (χ2n) is 9.40. The average Bonchev–Trinajstić information content (AvgIpc) is 2.98. The number of aromatic nitrogens is 3. The predicted molar refractivity (Wildman–Crippen MR) is 114 cm³/mol. The van der Waals surface area contributed by atoms with Gasteiger partial charge in [0, 0.05) is 11.6 Å². The molecule has 1 fully saturated rings. The number of aryl methyl sites for hydroxylation is 2. The third kappa shape index (κ3) is 2.10. The first kappa shape index (κ1) is 18.2. The van der Waals surface area contributed by atoms with Gasteiger partial charge in [-0.25, -0.2) is 9.97 Å². The summed E-state index contributed by atoms with van der Waals surface area (Å²) in [6, 6.07) is 7.91. The van der Waals surface area contributed by atoms with Crippen LogP contribution in [-0.4, -0.2) is 20.9 Å². The number of carbonyl (C=O) groups is 1. The number of amides is 1. The Bertz CT molecular complexity index is 1170. The van der Waals surface area contributed by atoms with Crippen molar-refractivity contribution in [1.29, 1.82) is 0 Å². The van der Waals surface area contributed by atoms with E-state index >= 15 is 0 Å². The lowest BCUT2D eigenvalue weighted by atomic mass is 9.63. The van der Waals surface area contributed by atoms with Crippen molar-refractivity contribution < 1.29 is 4.79 Å². The molecule has 1 N–H and O–H groups in total. The van der Waals surface area contributed by atoms with Gasteiger partial charge in [-0.1, -0.05) is 20.8 Å². The number of hydrogen-bond donors (Lipinski definition) is 1. The Balaban J connectivity index is 1.73. The van der Waals surface area contributed by atoms with Crippen LogP contribution in [0.25, 0.3) is 11.0 Å². The highest BCUT2D eigenvalue weighted by molar-refractivity contribution is 6.01. The molecule has 1 amide bonds. The largest absolute Gasteiger partial charge is 0.324 e. The molecule has 2 aromatic heterocycles. The molecule has 5 heteroatoms. The molecule has 2 aliphatic rings. The summed E-state index contributed by atoms with van der Waals surface area (Å²) in [6.07, 6.45) is 5.10. The summed E-state index contributed by atoms with van der Waals surface area (Å²) in [5, 5.41) is 3.12. The van der Waals surface area contributed by atoms with Gasteiger partial charge in [-0.05, 0) is 67.5 Å². The number of benzene rings is 1. The third-order valence-corrected chi connectivity index (χ3v) is 7.96. The molecule has 0 aliphatic heterocycles. The first-order chi connectivity index (χ1) is 13.7. The second kappa shape index (κ2) is 5.62. The molecule has 1 saturated carbocycles. The summed E-state index contributed by atoms with van der Waals surface area (Å²) in [6.45, 7) is 10.8. The van der Waals surface area contributed by atoms with Gasteiger partial charge in [0.2, 0.25) is 5.91 Å². The molecule has 0 saturated heterocycles. The number of nitrogens with zero attached hydrogens (tertiary/aromatic N) is 3. The highest BCUT2D eigenvalue weighted by Crippen LogP contribution is 2.70. The van der Waals surface area contributed by atoms with Crippen molar-refractivity contribution in [3.05, 3.63) is 59.2 Å². The first-order valence-corrected chi connectivity index (χ1v) is 10.2. The van der Waals surface area contributed by atoms with Crippen LogP contribution >= 0.6 is 0 Å². The van der Waals surface area contributed by atoms with Gasteiger partial charge in [-0.15, -0.1) is 0 Å². The van der Waals surface area contributed by atoms with E-state index < -0.39 is 5.41 Å². The molecule has 5 rings (SSSR count). The summed E-state index contributed by atoms with van der Waals surface area (Å²) in [5.41, 5.74) is 5.56. The molecule has 2 unspecified atom stereocenters. The smallest absolute Gasteiger partial charge is 0.237 e. The highest BCUT2D eigenvalue weighted by Gasteiger charge is 2.73. The van der Waals surface area contributed by atoms with Crippen molar-refractivity contribution in [3.8, 4) is 0 Å². The van der Waals surface area contributed by atoms with Gasteiger partial charge in [0.1, 0.15) is 0 Å². The predicted octanol–water partition coefficient (Wildman–Crippen LogP) is 4.61. The lowest BCUT2D eigenvalue weighted by Gasteiger charge is -2.39. The molecule has 148 valence electrons. The Labute approximate surface area is 171 Å². The highest BCUT2D eigenvalue weighted by atomic mass is 16.2. The van der Waals surface area contributed by atoms with Crippen LogP contribution in [0.15, 0.2) is 36.7 Å². The van der Waals surface area contributed by atoms with E-state index in [1.165, 1.54) is 11.1 Å². The van der Waals surface area contributed by atoms with E-state index in [1.807, 2.05) is 12.1 Å². The van der Waals surface area contributed by atoms with E-state index in [0.717, 1.165) is 35.3 Å². The van der Waals surface area contributed by atoms with Crippen molar-refractivity contribution >= 4 is 22.6 Å². The molecule has 0 radical (unpaired) electrons. The second-order valence-corrected chi connectivity index (χ2v) is 9.40. The number of hydrogen-bond acceptors (Lipinski definition) is 4. The van der Waals surface area contributed by atoms with Crippen molar-refractivity contribution in [2.75, 3.05) is 5.32 Å². The van der Waals surface area contributed by atoms with Crippen LogP contribution in [0.2, 0.25) is 0 Å². The van der Waals surface area contributed by atoms with E-state index in [1.54, 1.807) is 12.4 Å². The molecular weight excluding hydrogens is 360 g/mol. The molecule has 2 heterocycles. The molecular formula is C24H26N4O. The van der Waals surface area contributed by atoms with Crippen LogP contribution in [0.3, 0.4) is 0 Å². The van der Waals surface area contributed by atoms with Crippen LogP contribution in [0.4, 0.5) is 5.69 Å². The lowest BCUT2D eigenvalue weighted by molar-refractivity contribution is -0.125. The van der Waals surface area contributed by atoms with Crippen molar-refractivity contribution in [3.63, 3.8) is 0 Å². The maximum atomic E-state index is 13.8. The third-order valence-electron chi connectivity index (χ3n) is 7.96. The van der Waals surface area contributed by atoms with Crippen LogP contribution in [-0.2, 0) is 15.6 Å². The molecule has 1 aromatic carbocycles. The molecule has 5 nitrogen and oxygen atoms in total. The zero-order valence-electron chi connectivity index (χ0n) is 17.6. The van der Waals surface area contributed by atoms with Gasteiger partial charge in [0.25, 0.3) is 0 Å². The summed E-state index contributed by atoms with van der Waals surface area (Å²) >= 11 is 0. The summed E-state index contributed by atoms with van der Waals surface area (Å²) in [7, 11) is 0. The van der Waals surface area contributed by atoms with Gasteiger partial charge in [0.15, 0.2) is 0 Å². The zero-order valence-corrected chi connectivity index (χ0v) is 17.6. The Hall–Kier alpha value is -2.82. The van der Waals surface area contributed by atoms with Crippen molar-refractivity contribution in [2.24, 2.45) is 5.41 Å². The Morgan fingerprint density at radius 3 is 2.28 bits per heavy atom. The molecule has 0 spiro atoms. The number of pyridine rings is 1. The maximum Gasteiger partial charge on any atom is 0.237 e. The molecule has 2 atom stereocenters. The van der Waals surface area contributed by atoms with Crippen molar-refractivity contribution in [2.45, 2.75) is 58.3 Å². The Morgan fingerprint density at radius 1 is 1.00 bits per heavy atom. The fourth-order valence-corrected chi connectivity index (χ4v) is 5.54. The van der Waals surface area contributed by atoms with Gasteiger partial charge >= 0.3 is 0 Å². The van der Waals surface area contributed by atoms with Gasteiger partial charge in [-0.2, -0.15) is 0 Å². The monoisotopic (exact) mass is 386 g/mol. The maximum absolute atomic E-state index is 13.8. The van der Waals surface area contributed by atoms with Crippen LogP contribution in [0, 0.1) is 19.3 Å². The molecule has 3 aromatic rings. The van der Waals surface area contributed by atoms with E-state index in [0.29, 0.717) is 5.69 Å². The van der Waals surface area contributed by atoms with E-state index in [-0.39, 0.29) is 16.7 Å². The first-order valence-electron chi connectivity index (χ1n) is 10.2. The molecule has 2 aliphatic carbocycles. The number of anilines is 1. The minimum absolute atomic E-state index is 0.00420. The standard InChI is InChI=1S/C24H26N4O/c1-14-11-17-18(12-15(14)2)28-20-19(27-17)23(5)8-9-24(20,22(23,3)4)21(29)26-16-7-6-10-25-13-16/h6-7,10-13H,8-9H2,1-5H3,(H,26,29). The summed E-state index contributed by atoms with van der Waals surface area (Å²) in [4.78, 5) is 28.1. The quantitative estimate of drug-likeness (QED) is 0.698. The minimum atomic E-state index is -0.701. The van der Waals surface area contributed by atoms with E-state index in [4.69, 9.17) is 9.97 Å². The van der Waals surface area contributed by atoms with Crippen molar-refractivity contribution in [1.82, 2.24) is 15.0 Å². The Kier molecular flexibility index (Phi) is 3.53. The fraction of sp³-hybridized carbons (Fsp3) is 0.417. The number of fused-ring (bicyclic) bond motifs is 6.